The van der Waals surface area contributed by atoms with Gasteiger partial charge in [0.1, 0.15) is 0 Å². The molecule has 6 heteroatoms. The van der Waals surface area contributed by atoms with Crippen molar-refractivity contribution in [2.45, 2.75) is 40.2 Å². The van der Waals surface area contributed by atoms with Gasteiger partial charge < -0.3 is 11.1 Å². The number of amides is 2. The fourth-order valence-electron chi connectivity index (χ4n) is 1.46. The molecule has 0 radical (unpaired) electrons. The van der Waals surface area contributed by atoms with Crippen LogP contribution in [0.1, 0.15) is 34.6 Å². The number of nitrogens with two attached hydrogens (primary N) is 1. The first-order valence-corrected chi connectivity index (χ1v) is 5.87. The minimum absolute atomic E-state index is 0.239. The molecule has 0 aromatic heterocycles. The van der Waals surface area contributed by atoms with Crippen molar-refractivity contribution < 1.29 is 4.79 Å². The standard InChI is InChI=1S/C12H23N5O/c1-7(2)12(5,8(3)4)17-11(18)16-10(14)9(13)15-6/h7-8,13H,6H2,1-5H3,(H3,14,16,17,18). The molecular formula is C12H23N5O. The van der Waals surface area contributed by atoms with Crippen LogP contribution in [0, 0.1) is 17.2 Å². The van der Waals surface area contributed by atoms with Crippen molar-refractivity contribution in [3.05, 3.63) is 0 Å². The van der Waals surface area contributed by atoms with Crippen LogP contribution in [-0.4, -0.2) is 30.0 Å². The SMILES string of the molecule is C=NC(=N)C(N)=NC(=O)NC(C)(C(C)C)C(C)C. The molecule has 0 aliphatic heterocycles. The average Bonchev–Trinajstić information content (AvgIpc) is 2.26. The highest BCUT2D eigenvalue weighted by Gasteiger charge is 2.33. The number of hydrogen-bond donors (Lipinski definition) is 3. The van der Waals surface area contributed by atoms with Gasteiger partial charge in [-0.3, -0.25) is 5.41 Å². The molecule has 0 atom stereocenters. The fourth-order valence-corrected chi connectivity index (χ4v) is 1.46. The molecule has 2 amide bonds. The Bertz CT molecular complexity index is 363. The van der Waals surface area contributed by atoms with Crippen LogP contribution in [0.25, 0.3) is 0 Å². The number of amidine groups is 2. The van der Waals surface area contributed by atoms with E-state index in [1.807, 2.05) is 34.6 Å². The molecule has 6 nitrogen and oxygen atoms in total. The van der Waals surface area contributed by atoms with Gasteiger partial charge in [-0.25, -0.2) is 9.79 Å². The van der Waals surface area contributed by atoms with Crippen molar-refractivity contribution in [2.24, 2.45) is 27.6 Å². The topological polar surface area (TPSA) is 104 Å². The van der Waals surface area contributed by atoms with Crippen LogP contribution >= 0.6 is 0 Å². The van der Waals surface area contributed by atoms with Gasteiger partial charge in [-0.15, -0.1) is 0 Å². The average molecular weight is 253 g/mol. The van der Waals surface area contributed by atoms with E-state index < -0.39 is 6.03 Å². The van der Waals surface area contributed by atoms with Crippen LogP contribution < -0.4 is 11.1 Å². The Kier molecular flexibility index (Phi) is 5.68. The predicted molar refractivity (Wildman–Crippen MR) is 75.5 cm³/mol. The molecule has 0 bridgehead atoms. The Morgan fingerprint density at radius 2 is 1.78 bits per heavy atom. The molecule has 0 rings (SSSR count). The van der Waals surface area contributed by atoms with E-state index in [9.17, 15) is 4.79 Å². The van der Waals surface area contributed by atoms with E-state index >= 15 is 0 Å². The molecule has 0 heterocycles. The molecule has 0 saturated heterocycles. The minimum atomic E-state index is -0.564. The highest BCUT2D eigenvalue weighted by atomic mass is 16.2. The normalized spacial score (nSPS) is 12.7. The quantitative estimate of drug-likeness (QED) is 0.527. The van der Waals surface area contributed by atoms with E-state index in [-0.39, 0.29) is 29.0 Å². The number of nitrogens with one attached hydrogen (secondary N) is 2. The monoisotopic (exact) mass is 253 g/mol. The van der Waals surface area contributed by atoms with Crippen molar-refractivity contribution in [1.29, 1.82) is 5.41 Å². The Balaban J connectivity index is 4.94. The van der Waals surface area contributed by atoms with Crippen LogP contribution in [0.15, 0.2) is 9.98 Å². The zero-order chi connectivity index (χ0) is 14.5. The van der Waals surface area contributed by atoms with E-state index in [1.54, 1.807) is 0 Å². The molecule has 0 saturated carbocycles. The number of nitrogens with zero attached hydrogens (tertiary/aromatic N) is 2. The Labute approximate surface area is 108 Å². The van der Waals surface area contributed by atoms with Crippen molar-refractivity contribution in [3.63, 3.8) is 0 Å². The lowest BCUT2D eigenvalue weighted by atomic mass is 9.79. The Morgan fingerprint density at radius 1 is 1.33 bits per heavy atom. The maximum absolute atomic E-state index is 11.8. The highest BCUT2D eigenvalue weighted by molar-refractivity contribution is 6.40. The van der Waals surface area contributed by atoms with Crippen LogP contribution in [-0.2, 0) is 0 Å². The summed E-state index contributed by atoms with van der Waals surface area (Å²) in [6.45, 7) is 13.2. The lowest BCUT2D eigenvalue weighted by Gasteiger charge is -2.38. The minimum Gasteiger partial charge on any atom is -0.380 e. The summed E-state index contributed by atoms with van der Waals surface area (Å²) in [5, 5.41) is 10.1. The van der Waals surface area contributed by atoms with Gasteiger partial charge in [0.2, 0.25) is 0 Å². The van der Waals surface area contributed by atoms with E-state index in [2.05, 4.69) is 22.0 Å². The second-order valence-corrected chi connectivity index (χ2v) is 5.03. The molecule has 0 aromatic rings. The molecule has 0 aliphatic carbocycles. The molecule has 0 fully saturated rings. The Morgan fingerprint density at radius 3 is 2.11 bits per heavy atom. The summed E-state index contributed by atoms with van der Waals surface area (Å²) in [4.78, 5) is 18.7. The summed E-state index contributed by atoms with van der Waals surface area (Å²) in [7, 11) is 0. The fraction of sp³-hybridized carbons (Fsp3) is 0.667. The van der Waals surface area contributed by atoms with E-state index in [0.29, 0.717) is 0 Å². The molecule has 18 heavy (non-hydrogen) atoms. The third kappa shape index (κ3) is 3.94. The zero-order valence-corrected chi connectivity index (χ0v) is 11.7. The molecule has 0 unspecified atom stereocenters. The summed E-state index contributed by atoms with van der Waals surface area (Å²) in [6, 6.07) is -0.564. The first kappa shape index (κ1) is 16.3. The zero-order valence-electron chi connectivity index (χ0n) is 11.7. The number of carbonyl (C=O) groups is 1. The van der Waals surface area contributed by atoms with Gasteiger partial charge in [-0.05, 0) is 25.5 Å². The second-order valence-electron chi connectivity index (χ2n) is 5.03. The summed E-state index contributed by atoms with van der Waals surface area (Å²) < 4.78 is 0. The molecular weight excluding hydrogens is 230 g/mol. The van der Waals surface area contributed by atoms with Crippen LogP contribution in [0.5, 0.6) is 0 Å². The van der Waals surface area contributed by atoms with Crippen molar-refractivity contribution in [2.75, 3.05) is 0 Å². The maximum Gasteiger partial charge on any atom is 0.343 e. The number of rotatable bonds is 3. The van der Waals surface area contributed by atoms with Crippen molar-refractivity contribution in [1.82, 2.24) is 5.32 Å². The maximum atomic E-state index is 11.8. The van der Waals surface area contributed by atoms with Gasteiger partial charge in [0.05, 0.1) is 0 Å². The Hall–Kier alpha value is -1.72. The van der Waals surface area contributed by atoms with Gasteiger partial charge in [0.25, 0.3) is 0 Å². The number of carbonyl (C=O) groups excluding carboxylic acids is 1. The second kappa shape index (κ2) is 6.28. The molecule has 0 spiro atoms. The van der Waals surface area contributed by atoms with Gasteiger partial charge in [0.15, 0.2) is 11.7 Å². The number of urea groups is 1. The lowest BCUT2D eigenvalue weighted by molar-refractivity contribution is 0.183. The van der Waals surface area contributed by atoms with E-state index in [1.165, 1.54) is 0 Å². The van der Waals surface area contributed by atoms with Crippen LogP contribution in [0.2, 0.25) is 0 Å². The highest BCUT2D eigenvalue weighted by Crippen LogP contribution is 2.25. The molecule has 0 aliphatic rings. The smallest absolute Gasteiger partial charge is 0.343 e. The lowest BCUT2D eigenvalue weighted by Crippen LogP contribution is -2.53. The molecule has 102 valence electrons. The van der Waals surface area contributed by atoms with Crippen molar-refractivity contribution in [3.8, 4) is 0 Å². The summed E-state index contributed by atoms with van der Waals surface area (Å²) in [6.07, 6.45) is 0. The summed E-state index contributed by atoms with van der Waals surface area (Å²) in [5.41, 5.74) is 5.05. The van der Waals surface area contributed by atoms with E-state index in [4.69, 9.17) is 11.1 Å². The van der Waals surface area contributed by atoms with Crippen LogP contribution in [0.3, 0.4) is 0 Å². The third-order valence-corrected chi connectivity index (χ3v) is 3.40. The number of aliphatic imine (C=N–C) groups is 2. The predicted octanol–water partition coefficient (Wildman–Crippen LogP) is 1.80. The number of hydrogen-bond acceptors (Lipinski definition) is 2. The first-order valence-electron chi connectivity index (χ1n) is 5.87. The van der Waals surface area contributed by atoms with Gasteiger partial charge in [-0.2, -0.15) is 4.99 Å². The van der Waals surface area contributed by atoms with Crippen LogP contribution in [0.4, 0.5) is 4.79 Å². The molecule has 0 aromatic carbocycles. The summed E-state index contributed by atoms with van der Waals surface area (Å²) in [5.74, 6) is -0.0528. The largest absolute Gasteiger partial charge is 0.380 e. The molecule has 4 N–H and O–H groups in total. The van der Waals surface area contributed by atoms with Gasteiger partial charge >= 0.3 is 6.03 Å². The van der Waals surface area contributed by atoms with Gasteiger partial charge in [-0.1, -0.05) is 27.7 Å². The van der Waals surface area contributed by atoms with E-state index in [0.717, 1.165) is 0 Å². The van der Waals surface area contributed by atoms with Crippen molar-refractivity contribution >= 4 is 24.4 Å². The van der Waals surface area contributed by atoms with Gasteiger partial charge in [0, 0.05) is 5.54 Å². The first-order chi connectivity index (χ1) is 8.15. The summed E-state index contributed by atoms with van der Waals surface area (Å²) >= 11 is 0. The third-order valence-electron chi connectivity index (χ3n) is 3.40.